The third-order valence-corrected chi connectivity index (χ3v) is 7.38. The summed E-state index contributed by atoms with van der Waals surface area (Å²) in [6, 6.07) is 5.45. The summed E-state index contributed by atoms with van der Waals surface area (Å²) in [4.78, 5) is 6.80. The fraction of sp³-hybridized carbons (Fsp3) is 0.562. The molecule has 24 heavy (non-hydrogen) atoms. The topological polar surface area (TPSA) is 68.2 Å². The van der Waals surface area contributed by atoms with E-state index in [2.05, 4.69) is 18.7 Å². The molecule has 0 amide bonds. The molecule has 3 aliphatic heterocycles. The largest absolute Gasteiger partial charge is 0.454 e. The fourth-order valence-electron chi connectivity index (χ4n) is 3.21. The molecular weight excluding hydrogens is 348 g/mol. The van der Waals surface area contributed by atoms with E-state index in [-0.39, 0.29) is 30.4 Å². The van der Waals surface area contributed by atoms with Crippen molar-refractivity contribution in [2.45, 2.75) is 25.9 Å². The van der Waals surface area contributed by atoms with Crippen LogP contribution >= 0.6 is 11.8 Å². The Morgan fingerprint density at radius 1 is 1.29 bits per heavy atom. The first kappa shape index (κ1) is 16.1. The van der Waals surface area contributed by atoms with Gasteiger partial charge >= 0.3 is 0 Å². The second kappa shape index (κ2) is 5.84. The third-order valence-electron chi connectivity index (χ3n) is 4.29. The number of fused-ring (bicyclic) bond motifs is 2. The zero-order valence-corrected chi connectivity index (χ0v) is 15.3. The minimum atomic E-state index is -3.03. The van der Waals surface area contributed by atoms with Crippen LogP contribution in [-0.4, -0.2) is 49.7 Å². The van der Waals surface area contributed by atoms with Crippen LogP contribution in [0.15, 0.2) is 23.2 Å². The number of thioether (sulfide) groups is 1. The summed E-state index contributed by atoms with van der Waals surface area (Å²) in [5.41, 5.74) is 0.916. The first-order valence-corrected chi connectivity index (χ1v) is 10.8. The molecule has 0 radical (unpaired) electrons. The summed E-state index contributed by atoms with van der Waals surface area (Å²) in [5.74, 6) is 3.21. The van der Waals surface area contributed by atoms with E-state index in [1.54, 1.807) is 11.8 Å². The average molecular weight is 368 g/mol. The van der Waals surface area contributed by atoms with Gasteiger partial charge in [0.05, 0.1) is 23.6 Å². The summed E-state index contributed by atoms with van der Waals surface area (Å²) < 4.78 is 34.9. The first-order chi connectivity index (χ1) is 11.4. The fourth-order valence-corrected chi connectivity index (χ4v) is 6.13. The predicted octanol–water partition coefficient (Wildman–Crippen LogP) is 2.15. The molecule has 4 rings (SSSR count). The van der Waals surface area contributed by atoms with Crippen LogP contribution in [0.3, 0.4) is 0 Å². The minimum absolute atomic E-state index is 0.120. The van der Waals surface area contributed by atoms with Gasteiger partial charge in [-0.2, -0.15) is 0 Å². The standard InChI is InChI=1S/C16H20N2O4S2/c1-10(2)6-23-16-17-12-7-24(19,20)8-13(12)18(16)11-3-4-14-15(5-11)22-9-21-14/h3-5,10,12-13H,6-9H2,1-2H3. The van der Waals surface area contributed by atoms with Crippen LogP contribution in [0.1, 0.15) is 13.8 Å². The molecule has 8 heteroatoms. The Kier molecular flexibility index (Phi) is 3.91. The summed E-state index contributed by atoms with van der Waals surface area (Å²) >= 11 is 1.69. The van der Waals surface area contributed by atoms with Gasteiger partial charge < -0.3 is 14.4 Å². The van der Waals surface area contributed by atoms with Gasteiger partial charge in [0.1, 0.15) is 0 Å². The minimum Gasteiger partial charge on any atom is -0.454 e. The second-order valence-electron chi connectivity index (χ2n) is 6.74. The maximum atomic E-state index is 12.0. The van der Waals surface area contributed by atoms with Gasteiger partial charge in [0.25, 0.3) is 0 Å². The van der Waals surface area contributed by atoms with Crippen molar-refractivity contribution in [2.75, 3.05) is 29.0 Å². The lowest BCUT2D eigenvalue weighted by molar-refractivity contribution is 0.174. The van der Waals surface area contributed by atoms with Crippen molar-refractivity contribution in [3.8, 4) is 11.5 Å². The van der Waals surface area contributed by atoms with Crippen LogP contribution in [-0.2, 0) is 9.84 Å². The van der Waals surface area contributed by atoms with Crippen molar-refractivity contribution in [3.63, 3.8) is 0 Å². The molecule has 1 saturated heterocycles. The highest BCUT2D eigenvalue weighted by Crippen LogP contribution is 2.40. The number of hydrogen-bond donors (Lipinski definition) is 0. The number of benzene rings is 1. The Balaban J connectivity index is 1.68. The molecule has 0 bridgehead atoms. The summed E-state index contributed by atoms with van der Waals surface area (Å²) in [6.07, 6.45) is 0. The van der Waals surface area contributed by atoms with Crippen LogP contribution in [0.2, 0.25) is 0 Å². The van der Waals surface area contributed by atoms with Crippen molar-refractivity contribution in [2.24, 2.45) is 10.9 Å². The van der Waals surface area contributed by atoms with Crippen molar-refractivity contribution >= 4 is 32.5 Å². The third kappa shape index (κ3) is 2.86. The highest BCUT2D eigenvalue weighted by Gasteiger charge is 2.47. The first-order valence-electron chi connectivity index (χ1n) is 8.03. The van der Waals surface area contributed by atoms with Crippen LogP contribution in [0.5, 0.6) is 11.5 Å². The predicted molar refractivity (Wildman–Crippen MR) is 96.0 cm³/mol. The molecule has 3 aliphatic rings. The Hall–Kier alpha value is -1.41. The molecule has 0 aliphatic carbocycles. The highest BCUT2D eigenvalue weighted by molar-refractivity contribution is 8.14. The summed E-state index contributed by atoms with van der Waals surface area (Å²) in [7, 11) is -3.03. The van der Waals surface area contributed by atoms with E-state index in [0.717, 1.165) is 22.4 Å². The highest BCUT2D eigenvalue weighted by atomic mass is 32.2. The lowest BCUT2D eigenvalue weighted by Crippen LogP contribution is -2.39. The molecule has 0 spiro atoms. The molecule has 3 heterocycles. The second-order valence-corrected chi connectivity index (χ2v) is 9.88. The van der Waals surface area contributed by atoms with Gasteiger partial charge in [-0.3, -0.25) is 4.99 Å². The van der Waals surface area contributed by atoms with E-state index >= 15 is 0 Å². The van der Waals surface area contributed by atoms with Crippen molar-refractivity contribution in [1.29, 1.82) is 0 Å². The molecule has 2 unspecified atom stereocenters. The number of hydrogen-bond acceptors (Lipinski definition) is 7. The SMILES string of the molecule is CC(C)CSC1=NC2CS(=O)(=O)CC2N1c1ccc2c(c1)OCO2. The number of sulfone groups is 1. The van der Waals surface area contributed by atoms with Gasteiger partial charge in [0.2, 0.25) is 6.79 Å². The van der Waals surface area contributed by atoms with E-state index in [4.69, 9.17) is 14.5 Å². The number of aliphatic imine (C=N–C) groups is 1. The Bertz CT molecular complexity index is 791. The van der Waals surface area contributed by atoms with Gasteiger partial charge in [-0.05, 0) is 18.1 Å². The molecular formula is C16H20N2O4S2. The van der Waals surface area contributed by atoms with E-state index in [0.29, 0.717) is 11.7 Å². The molecule has 130 valence electrons. The average Bonchev–Trinajstić information content (AvgIpc) is 3.15. The molecule has 2 atom stereocenters. The van der Waals surface area contributed by atoms with Gasteiger partial charge in [-0.15, -0.1) is 0 Å². The number of ether oxygens (including phenoxy) is 2. The van der Waals surface area contributed by atoms with Gasteiger partial charge in [-0.25, -0.2) is 8.42 Å². The molecule has 0 N–H and O–H groups in total. The van der Waals surface area contributed by atoms with Gasteiger partial charge in [0, 0.05) is 17.5 Å². The molecule has 0 saturated carbocycles. The number of nitrogens with zero attached hydrogens (tertiary/aromatic N) is 2. The number of anilines is 1. The van der Waals surface area contributed by atoms with E-state index in [1.807, 2.05) is 18.2 Å². The monoisotopic (exact) mass is 368 g/mol. The van der Waals surface area contributed by atoms with Crippen LogP contribution in [0, 0.1) is 5.92 Å². The van der Waals surface area contributed by atoms with Gasteiger partial charge in [0.15, 0.2) is 26.5 Å². The van der Waals surface area contributed by atoms with Crippen molar-refractivity contribution in [3.05, 3.63) is 18.2 Å². The Labute approximate surface area is 146 Å². The van der Waals surface area contributed by atoms with Crippen molar-refractivity contribution < 1.29 is 17.9 Å². The lowest BCUT2D eigenvalue weighted by Gasteiger charge is -2.26. The van der Waals surface area contributed by atoms with E-state index in [9.17, 15) is 8.42 Å². The Morgan fingerprint density at radius 3 is 2.88 bits per heavy atom. The quantitative estimate of drug-likeness (QED) is 0.814. The smallest absolute Gasteiger partial charge is 0.231 e. The number of rotatable bonds is 3. The number of amidine groups is 1. The molecule has 0 aromatic heterocycles. The van der Waals surface area contributed by atoms with E-state index < -0.39 is 9.84 Å². The van der Waals surface area contributed by atoms with Gasteiger partial charge in [-0.1, -0.05) is 25.6 Å². The Morgan fingerprint density at radius 2 is 2.08 bits per heavy atom. The van der Waals surface area contributed by atoms with Crippen LogP contribution in [0.25, 0.3) is 0 Å². The maximum Gasteiger partial charge on any atom is 0.231 e. The van der Waals surface area contributed by atoms with Crippen molar-refractivity contribution in [1.82, 2.24) is 0 Å². The molecule has 1 fully saturated rings. The molecule has 1 aromatic rings. The zero-order chi connectivity index (χ0) is 16.9. The van der Waals surface area contributed by atoms with Crippen LogP contribution in [0.4, 0.5) is 5.69 Å². The molecule has 1 aromatic carbocycles. The normalized spacial score (nSPS) is 26.8. The van der Waals surface area contributed by atoms with Crippen LogP contribution < -0.4 is 14.4 Å². The zero-order valence-electron chi connectivity index (χ0n) is 13.6. The maximum absolute atomic E-state index is 12.0. The summed E-state index contributed by atoms with van der Waals surface area (Å²) in [6.45, 7) is 4.56. The lowest BCUT2D eigenvalue weighted by atomic mass is 10.1. The summed E-state index contributed by atoms with van der Waals surface area (Å²) in [5, 5.41) is 0.910. The molecule has 6 nitrogen and oxygen atoms in total. The van der Waals surface area contributed by atoms with E-state index in [1.165, 1.54) is 0 Å².